The van der Waals surface area contributed by atoms with Gasteiger partial charge in [-0.15, -0.1) is 0 Å². The Balaban J connectivity index is 1.35. The van der Waals surface area contributed by atoms with Crippen molar-refractivity contribution in [3.8, 4) is 11.5 Å². The average molecular weight is 689 g/mol. The number of amides is 4. The second kappa shape index (κ2) is 11.3. The molecule has 19 heteroatoms. The highest BCUT2D eigenvalue weighted by molar-refractivity contribution is 6.67. The number of hydrogen-bond acceptors (Lipinski definition) is 13. The Hall–Kier alpha value is -3.70. The number of aliphatic imine (C=N–C) groups is 1. The third-order valence-electron chi connectivity index (χ3n) is 8.11. The van der Waals surface area contributed by atoms with Crippen molar-refractivity contribution in [1.29, 1.82) is 0 Å². The number of nitrogens with zero attached hydrogens (tertiary/aromatic N) is 3. The second-order valence-electron chi connectivity index (χ2n) is 10.9. The molecule has 1 spiro atoms. The van der Waals surface area contributed by atoms with Gasteiger partial charge in [0.2, 0.25) is 27.4 Å². The molecule has 16 nitrogen and oxygen atoms in total. The zero-order valence-corrected chi connectivity index (χ0v) is 25.6. The summed E-state index contributed by atoms with van der Waals surface area (Å²) in [7, 11) is 0. The van der Waals surface area contributed by atoms with Crippen LogP contribution in [-0.4, -0.2) is 116 Å². The van der Waals surface area contributed by atoms with Gasteiger partial charge in [-0.1, -0.05) is 47.4 Å². The van der Waals surface area contributed by atoms with Gasteiger partial charge in [0.1, 0.15) is 25.9 Å². The van der Waals surface area contributed by atoms with E-state index in [0.717, 1.165) is 4.90 Å². The molecule has 4 atom stereocenters. The summed E-state index contributed by atoms with van der Waals surface area (Å²) in [5.74, 6) is -3.90. The lowest BCUT2D eigenvalue weighted by Gasteiger charge is -2.49. The van der Waals surface area contributed by atoms with Crippen molar-refractivity contribution in [3.63, 3.8) is 0 Å². The summed E-state index contributed by atoms with van der Waals surface area (Å²) in [4.78, 5) is 58.3. The van der Waals surface area contributed by atoms with Crippen LogP contribution in [0.5, 0.6) is 11.5 Å². The number of alkyl halides is 3. The molecule has 4 amide bonds. The monoisotopic (exact) mass is 687 g/mol. The van der Waals surface area contributed by atoms with Gasteiger partial charge in [0.15, 0.2) is 17.2 Å². The number of fused-ring (bicyclic) bond motifs is 1. The molecule has 45 heavy (non-hydrogen) atoms. The number of halogens is 3. The molecular formula is C26H28Cl3N7O9. The van der Waals surface area contributed by atoms with Crippen LogP contribution in [-0.2, 0) is 14.3 Å². The summed E-state index contributed by atoms with van der Waals surface area (Å²) < 4.78 is 14.3. The molecule has 0 unspecified atom stereocenters. The van der Waals surface area contributed by atoms with E-state index < -0.39 is 63.8 Å². The molecule has 0 aliphatic carbocycles. The van der Waals surface area contributed by atoms with E-state index in [0.29, 0.717) is 12.4 Å². The minimum atomic E-state index is -2.80. The van der Waals surface area contributed by atoms with E-state index in [9.17, 15) is 29.4 Å². The number of carbonyl (C=O) groups excluding carboxylic acids is 4. The Labute approximate surface area is 270 Å². The first-order valence-corrected chi connectivity index (χ1v) is 14.9. The van der Waals surface area contributed by atoms with Crippen LogP contribution < -0.4 is 30.7 Å². The maximum Gasteiger partial charge on any atom is 0.414 e. The van der Waals surface area contributed by atoms with Crippen molar-refractivity contribution in [2.75, 3.05) is 32.9 Å². The largest absolute Gasteiger partial charge is 0.486 e. The van der Waals surface area contributed by atoms with E-state index in [4.69, 9.17) is 49.0 Å². The summed E-state index contributed by atoms with van der Waals surface area (Å²) >= 11 is 17.1. The number of aliphatic hydroxyl groups is 2. The van der Waals surface area contributed by atoms with Crippen molar-refractivity contribution in [2.24, 2.45) is 4.99 Å². The fourth-order valence-electron chi connectivity index (χ4n) is 6.21. The Morgan fingerprint density at radius 2 is 1.89 bits per heavy atom. The number of rotatable bonds is 5. The van der Waals surface area contributed by atoms with E-state index in [-0.39, 0.29) is 55.6 Å². The van der Waals surface area contributed by atoms with Gasteiger partial charge < -0.3 is 45.3 Å². The third-order valence-corrected chi connectivity index (χ3v) is 8.44. The Morgan fingerprint density at radius 1 is 1.18 bits per heavy atom. The number of hydrogen-bond donors (Lipinski definition) is 6. The number of para-hydroxylation sites is 1. The lowest BCUT2D eigenvalue weighted by molar-refractivity contribution is -0.231. The second-order valence-corrected chi connectivity index (χ2v) is 13.4. The summed E-state index contributed by atoms with van der Waals surface area (Å²) in [6, 6.07) is 1.20. The van der Waals surface area contributed by atoms with Crippen LogP contribution in [0.2, 0.25) is 0 Å². The Bertz CT molecular complexity index is 1490. The van der Waals surface area contributed by atoms with E-state index in [1.807, 2.05) is 0 Å². The number of nitrogens with one attached hydrogen (secondary N) is 4. The zero-order valence-electron chi connectivity index (χ0n) is 23.3. The van der Waals surface area contributed by atoms with Gasteiger partial charge in [-0.25, -0.2) is 9.79 Å². The first-order chi connectivity index (χ1) is 21.2. The Morgan fingerprint density at radius 3 is 2.60 bits per heavy atom. The lowest BCUT2D eigenvalue weighted by Crippen LogP contribution is -2.78. The zero-order chi connectivity index (χ0) is 32.3. The first kappa shape index (κ1) is 31.3. The number of carbonyl (C=O) groups is 4. The van der Waals surface area contributed by atoms with Gasteiger partial charge in [0, 0.05) is 19.4 Å². The van der Waals surface area contributed by atoms with Gasteiger partial charge in [-0.2, -0.15) is 0 Å². The predicted molar refractivity (Wildman–Crippen MR) is 156 cm³/mol. The molecule has 0 saturated carbocycles. The number of ether oxygens (including phenoxy) is 3. The summed E-state index contributed by atoms with van der Waals surface area (Å²) in [5, 5.41) is 34.9. The fraction of sp³-hybridized carbons (Fsp3) is 0.500. The molecule has 3 saturated heterocycles. The molecule has 1 aromatic carbocycles. The topological polar surface area (TPSA) is 203 Å². The van der Waals surface area contributed by atoms with Gasteiger partial charge in [0.05, 0.1) is 30.0 Å². The van der Waals surface area contributed by atoms with Crippen LogP contribution in [0.1, 0.15) is 23.2 Å². The number of guanidine groups is 1. The summed E-state index contributed by atoms with van der Waals surface area (Å²) in [6.45, 7) is 3.17. The van der Waals surface area contributed by atoms with Crippen molar-refractivity contribution < 1.29 is 43.6 Å². The summed E-state index contributed by atoms with van der Waals surface area (Å²) in [6.07, 6.45) is -1.08. The Kier molecular flexibility index (Phi) is 7.84. The van der Waals surface area contributed by atoms with Crippen LogP contribution in [0.25, 0.3) is 0 Å². The van der Waals surface area contributed by atoms with Crippen LogP contribution >= 0.6 is 34.8 Å². The van der Waals surface area contributed by atoms with Crippen molar-refractivity contribution >= 4 is 64.6 Å². The molecule has 6 N–H and O–H groups in total. The molecule has 6 rings (SSSR count). The third kappa shape index (κ3) is 5.43. The maximum absolute atomic E-state index is 13.5. The van der Waals surface area contributed by atoms with Crippen molar-refractivity contribution in [3.05, 3.63) is 36.2 Å². The van der Waals surface area contributed by atoms with Crippen molar-refractivity contribution in [1.82, 2.24) is 31.1 Å². The van der Waals surface area contributed by atoms with Gasteiger partial charge in [0.25, 0.3) is 5.91 Å². The lowest BCUT2D eigenvalue weighted by atomic mass is 9.85. The quantitative estimate of drug-likeness (QED) is 0.129. The normalized spacial score (nSPS) is 28.1. The maximum atomic E-state index is 13.5. The molecule has 5 aliphatic rings. The van der Waals surface area contributed by atoms with E-state index in [1.165, 1.54) is 11.0 Å². The van der Waals surface area contributed by atoms with Crippen molar-refractivity contribution in [2.45, 2.75) is 46.2 Å². The minimum absolute atomic E-state index is 0.0139. The smallest absolute Gasteiger partial charge is 0.414 e. The molecule has 0 aromatic heterocycles. The standard InChI is InChI=1S/C26H28Cl3N7O9/c1-12-30-20-14(9-35-17(37)5-6-18(35)38)31-22(33-23(40)45-11-24(27,28)29)36-10-16(26(41,42)25(20,36)34-12)32-21(39)13-3-2-4-15-19(13)44-8-7-43-15/h2-4,14,16,20,30,34,41-42H,1,5-11H2,(H,32,39)(H,31,33,40)/t14-,16-,20-,25-/m0/s1. The molecule has 3 fully saturated rings. The number of imide groups is 1. The van der Waals surface area contributed by atoms with Crippen LogP contribution in [0.4, 0.5) is 4.79 Å². The first-order valence-electron chi connectivity index (χ1n) is 13.8. The molecule has 5 aliphatic heterocycles. The van der Waals surface area contributed by atoms with E-state index >= 15 is 0 Å². The number of likely N-dealkylation sites (tertiary alicyclic amines) is 1. The average Bonchev–Trinajstić information content (AvgIpc) is 3.58. The molecular weight excluding hydrogens is 661 g/mol. The number of alkyl carbamates (subject to hydrolysis) is 1. The minimum Gasteiger partial charge on any atom is -0.486 e. The van der Waals surface area contributed by atoms with Crippen LogP contribution in [0.3, 0.4) is 0 Å². The summed E-state index contributed by atoms with van der Waals surface area (Å²) in [5.41, 5.74) is -1.86. The number of benzene rings is 1. The molecule has 5 heterocycles. The highest BCUT2D eigenvalue weighted by Crippen LogP contribution is 2.45. The highest BCUT2D eigenvalue weighted by atomic mass is 35.6. The van der Waals surface area contributed by atoms with E-state index in [2.05, 4.69) is 32.8 Å². The molecule has 242 valence electrons. The van der Waals surface area contributed by atoms with Gasteiger partial charge in [-0.05, 0) is 12.1 Å². The van der Waals surface area contributed by atoms with Gasteiger partial charge in [-0.3, -0.25) is 24.6 Å². The predicted octanol–water partition coefficient (Wildman–Crippen LogP) is -0.735. The molecule has 1 aromatic rings. The fourth-order valence-corrected chi connectivity index (χ4v) is 6.37. The van der Waals surface area contributed by atoms with E-state index in [1.54, 1.807) is 12.1 Å². The molecule has 0 bridgehead atoms. The molecule has 0 radical (unpaired) electrons. The van der Waals surface area contributed by atoms with Gasteiger partial charge >= 0.3 is 6.09 Å². The van der Waals surface area contributed by atoms with Crippen LogP contribution in [0.15, 0.2) is 35.6 Å². The van der Waals surface area contributed by atoms with Crippen LogP contribution in [0, 0.1) is 0 Å². The highest BCUT2D eigenvalue weighted by Gasteiger charge is 2.74. The SMILES string of the molecule is C=C1N[C@H]2[C@H](CN3C(=O)CCC3=O)N=C(NC(=O)OCC(Cl)(Cl)Cl)N3C[C@H](NC(=O)c4cccc5c4OCCO5)C(O)(O)[C@]23N1.